The maximum absolute atomic E-state index is 9.43. The summed E-state index contributed by atoms with van der Waals surface area (Å²) in [6.45, 7) is 0.804. The van der Waals surface area contributed by atoms with Crippen molar-refractivity contribution in [3.05, 3.63) is 55.6 Å². The Balaban J connectivity index is 1.99. The molecule has 0 fully saturated rings. The summed E-state index contributed by atoms with van der Waals surface area (Å²) in [5.41, 5.74) is 1.04. The van der Waals surface area contributed by atoms with Gasteiger partial charge in [-0.25, -0.2) is 0 Å². The lowest BCUT2D eigenvalue weighted by Crippen LogP contribution is -2.23. The van der Waals surface area contributed by atoms with Crippen molar-refractivity contribution >= 4 is 38.9 Å². The van der Waals surface area contributed by atoms with Crippen molar-refractivity contribution in [3.8, 4) is 0 Å². The summed E-state index contributed by atoms with van der Waals surface area (Å²) >= 11 is 11.0. The summed E-state index contributed by atoms with van der Waals surface area (Å²) in [7, 11) is 0. The zero-order valence-electron chi connectivity index (χ0n) is 9.57. The van der Waals surface area contributed by atoms with Crippen LogP contribution in [0.2, 0.25) is 5.02 Å². The van der Waals surface area contributed by atoms with E-state index in [1.807, 2.05) is 30.3 Å². The van der Waals surface area contributed by atoms with Gasteiger partial charge in [0.05, 0.1) is 16.4 Å². The Morgan fingerprint density at radius 2 is 1.94 bits per heavy atom. The Morgan fingerprint density at radius 1 is 1.22 bits per heavy atom. The number of aliphatic hydroxyl groups is 1. The molecule has 0 aliphatic carbocycles. The molecule has 0 aliphatic rings. The minimum Gasteiger partial charge on any atom is -0.394 e. The molecule has 2 N–H and O–H groups in total. The molecule has 0 amide bonds. The Bertz CT molecular complexity index is 500. The van der Waals surface area contributed by atoms with Crippen molar-refractivity contribution in [1.29, 1.82) is 0 Å². The first-order valence-electron chi connectivity index (χ1n) is 5.53. The van der Waals surface area contributed by atoms with Gasteiger partial charge in [-0.1, -0.05) is 23.7 Å². The van der Waals surface area contributed by atoms with Crippen molar-refractivity contribution in [2.24, 2.45) is 0 Å². The van der Waals surface area contributed by atoms with E-state index in [1.165, 1.54) is 4.88 Å². The predicted octanol–water partition coefficient (Wildman–Crippen LogP) is 3.99. The van der Waals surface area contributed by atoms with E-state index in [4.69, 9.17) is 11.6 Å². The summed E-state index contributed by atoms with van der Waals surface area (Å²) < 4.78 is 1.12. The lowest BCUT2D eigenvalue weighted by Gasteiger charge is -2.16. The van der Waals surface area contributed by atoms with Gasteiger partial charge in [0, 0.05) is 16.4 Å². The van der Waals surface area contributed by atoms with Crippen LogP contribution in [0, 0.1) is 0 Å². The third-order valence-electron chi connectivity index (χ3n) is 2.61. The molecule has 1 aromatic heterocycles. The first-order chi connectivity index (χ1) is 8.69. The van der Waals surface area contributed by atoms with Gasteiger partial charge in [0.25, 0.3) is 0 Å². The lowest BCUT2D eigenvalue weighted by atomic mass is 10.1. The number of hydrogen-bond acceptors (Lipinski definition) is 3. The van der Waals surface area contributed by atoms with Crippen LogP contribution in [-0.2, 0) is 6.54 Å². The molecule has 5 heteroatoms. The molecule has 0 radical (unpaired) electrons. The Morgan fingerprint density at radius 3 is 2.50 bits per heavy atom. The van der Waals surface area contributed by atoms with Gasteiger partial charge in [0.1, 0.15) is 0 Å². The van der Waals surface area contributed by atoms with E-state index >= 15 is 0 Å². The van der Waals surface area contributed by atoms with Crippen LogP contribution in [-0.4, -0.2) is 11.7 Å². The molecule has 0 bridgehead atoms. The summed E-state index contributed by atoms with van der Waals surface area (Å²) in [6.07, 6.45) is 0. The molecule has 18 heavy (non-hydrogen) atoms. The summed E-state index contributed by atoms with van der Waals surface area (Å²) in [4.78, 5) is 1.23. The number of rotatable bonds is 5. The number of halogens is 2. The molecule has 1 aromatic carbocycles. The quantitative estimate of drug-likeness (QED) is 0.858. The van der Waals surface area contributed by atoms with Crippen LogP contribution in [0.3, 0.4) is 0 Å². The van der Waals surface area contributed by atoms with Gasteiger partial charge in [-0.3, -0.25) is 0 Å². The maximum atomic E-state index is 9.43. The Hall–Kier alpha value is -0.390. The second-order valence-electron chi connectivity index (χ2n) is 3.87. The first-order valence-corrected chi connectivity index (χ1v) is 7.51. The van der Waals surface area contributed by atoms with Crippen molar-refractivity contribution < 1.29 is 5.11 Å². The number of benzene rings is 1. The second kappa shape index (κ2) is 6.68. The average molecular weight is 347 g/mol. The fraction of sp³-hybridized carbons (Fsp3) is 0.231. The van der Waals surface area contributed by atoms with Crippen LogP contribution in [0.15, 0.2) is 40.2 Å². The molecule has 1 heterocycles. The van der Waals surface area contributed by atoms with E-state index in [0.29, 0.717) is 5.02 Å². The summed E-state index contributed by atoms with van der Waals surface area (Å²) in [5, 5.41) is 13.5. The van der Waals surface area contributed by atoms with Gasteiger partial charge in [-0.05, 0) is 45.8 Å². The highest BCUT2D eigenvalue weighted by molar-refractivity contribution is 9.11. The standard InChI is InChI=1S/C13H13BrClNOS/c14-13-6-5-11(18-13)7-16-12(8-17)9-1-3-10(15)4-2-9/h1-6,12,16-17H,7-8H2. The third kappa shape index (κ3) is 3.80. The van der Waals surface area contributed by atoms with Crippen molar-refractivity contribution in [3.63, 3.8) is 0 Å². The molecule has 2 nitrogen and oxygen atoms in total. The van der Waals surface area contributed by atoms with E-state index in [2.05, 4.69) is 27.3 Å². The highest BCUT2D eigenvalue weighted by atomic mass is 79.9. The highest BCUT2D eigenvalue weighted by Crippen LogP contribution is 2.23. The Kier molecular flexibility index (Phi) is 5.21. The minimum absolute atomic E-state index is 0.0637. The number of thiophene rings is 1. The molecule has 0 aliphatic heterocycles. The Labute approximate surface area is 124 Å². The molecule has 0 spiro atoms. The van der Waals surface area contributed by atoms with Crippen LogP contribution >= 0.6 is 38.9 Å². The van der Waals surface area contributed by atoms with Crippen molar-refractivity contribution in [2.45, 2.75) is 12.6 Å². The predicted molar refractivity (Wildman–Crippen MR) is 80.1 cm³/mol. The molecule has 0 saturated carbocycles. The summed E-state index contributed by atoms with van der Waals surface area (Å²) in [5.74, 6) is 0. The SMILES string of the molecule is OCC(NCc1ccc(Br)s1)c1ccc(Cl)cc1. The fourth-order valence-corrected chi connectivity index (χ4v) is 3.21. The van der Waals surface area contributed by atoms with Crippen molar-refractivity contribution in [1.82, 2.24) is 5.32 Å². The highest BCUT2D eigenvalue weighted by Gasteiger charge is 2.10. The van der Waals surface area contributed by atoms with Crippen LogP contribution in [0.5, 0.6) is 0 Å². The smallest absolute Gasteiger partial charge is 0.0701 e. The van der Waals surface area contributed by atoms with E-state index in [-0.39, 0.29) is 12.6 Å². The lowest BCUT2D eigenvalue weighted by molar-refractivity contribution is 0.244. The van der Waals surface area contributed by atoms with Crippen LogP contribution < -0.4 is 5.32 Å². The normalized spacial score (nSPS) is 12.6. The van der Waals surface area contributed by atoms with E-state index in [0.717, 1.165) is 15.9 Å². The third-order valence-corrected chi connectivity index (χ3v) is 4.48. The largest absolute Gasteiger partial charge is 0.394 e. The molecule has 1 unspecified atom stereocenters. The van der Waals surface area contributed by atoms with Gasteiger partial charge in [0.2, 0.25) is 0 Å². The first kappa shape index (κ1) is 14.0. The fourth-order valence-electron chi connectivity index (χ4n) is 1.65. The second-order valence-corrected chi connectivity index (χ2v) is 6.86. The number of aliphatic hydroxyl groups excluding tert-OH is 1. The number of hydrogen-bond donors (Lipinski definition) is 2. The van der Waals surface area contributed by atoms with Gasteiger partial charge < -0.3 is 10.4 Å². The van der Waals surface area contributed by atoms with E-state index < -0.39 is 0 Å². The molecule has 96 valence electrons. The van der Waals surface area contributed by atoms with Crippen LogP contribution in [0.4, 0.5) is 0 Å². The molecule has 2 rings (SSSR count). The molecular weight excluding hydrogens is 334 g/mol. The van der Waals surface area contributed by atoms with Crippen LogP contribution in [0.25, 0.3) is 0 Å². The molecule has 2 aromatic rings. The monoisotopic (exact) mass is 345 g/mol. The van der Waals surface area contributed by atoms with Gasteiger partial charge >= 0.3 is 0 Å². The van der Waals surface area contributed by atoms with E-state index in [9.17, 15) is 5.11 Å². The molecular formula is C13H13BrClNOS. The van der Waals surface area contributed by atoms with Crippen molar-refractivity contribution in [2.75, 3.05) is 6.61 Å². The van der Waals surface area contributed by atoms with Crippen LogP contribution in [0.1, 0.15) is 16.5 Å². The van der Waals surface area contributed by atoms with Gasteiger partial charge in [0.15, 0.2) is 0 Å². The molecule has 1 atom stereocenters. The maximum Gasteiger partial charge on any atom is 0.0701 e. The zero-order valence-corrected chi connectivity index (χ0v) is 12.7. The summed E-state index contributed by atoms with van der Waals surface area (Å²) in [6, 6.07) is 11.6. The minimum atomic E-state index is -0.0665. The average Bonchev–Trinajstić information content (AvgIpc) is 2.78. The van der Waals surface area contributed by atoms with Gasteiger partial charge in [-0.2, -0.15) is 0 Å². The molecule has 0 saturated heterocycles. The topological polar surface area (TPSA) is 32.3 Å². The zero-order chi connectivity index (χ0) is 13.0. The van der Waals surface area contributed by atoms with E-state index in [1.54, 1.807) is 11.3 Å². The van der Waals surface area contributed by atoms with Gasteiger partial charge in [-0.15, -0.1) is 11.3 Å². The number of nitrogens with one attached hydrogen (secondary N) is 1.